The molecule has 0 aliphatic heterocycles. The molecule has 19 heavy (non-hydrogen) atoms. The van der Waals surface area contributed by atoms with Gasteiger partial charge in [-0.1, -0.05) is 13.3 Å². The molecule has 0 fully saturated rings. The zero-order valence-electron chi connectivity index (χ0n) is 10.1. The number of rotatable bonds is 6. The summed E-state index contributed by atoms with van der Waals surface area (Å²) < 4.78 is 6.01. The number of carboxylic acid groups (broad SMARTS) is 2. The summed E-state index contributed by atoms with van der Waals surface area (Å²) in [6.45, 7) is 2.43. The topological polar surface area (TPSA) is 83.8 Å². The number of hydrogen-bond acceptors (Lipinski definition) is 3. The van der Waals surface area contributed by atoms with Gasteiger partial charge in [-0.05, 0) is 44.3 Å². The molecule has 1 aromatic carbocycles. The number of ether oxygens (including phenoxy) is 1. The molecule has 0 heterocycles. The van der Waals surface area contributed by atoms with Crippen molar-refractivity contribution in [3.8, 4) is 5.75 Å². The Labute approximate surface area is 126 Å². The molecule has 0 saturated carbocycles. The van der Waals surface area contributed by atoms with E-state index >= 15 is 0 Å². The molecule has 0 unspecified atom stereocenters. The van der Waals surface area contributed by atoms with Gasteiger partial charge in [0.25, 0.3) is 0 Å². The van der Waals surface area contributed by atoms with E-state index in [9.17, 15) is 9.59 Å². The van der Waals surface area contributed by atoms with Crippen LogP contribution < -0.4 is 4.74 Å². The van der Waals surface area contributed by atoms with Gasteiger partial charge >= 0.3 is 11.9 Å². The van der Waals surface area contributed by atoms with Crippen LogP contribution in [0, 0.1) is 0 Å². The molecule has 104 valence electrons. The SMILES string of the molecule is CCCCOc1c(Br)cc(C(=O)O)c(C(=O)O)c1Br. The fourth-order valence-electron chi connectivity index (χ4n) is 1.43. The number of unbranched alkanes of at least 4 members (excludes halogenated alkanes) is 1. The number of carboxylic acids is 2. The van der Waals surface area contributed by atoms with Gasteiger partial charge in [-0.3, -0.25) is 0 Å². The fourth-order valence-corrected chi connectivity index (χ4v) is 2.95. The number of hydrogen-bond donors (Lipinski definition) is 2. The van der Waals surface area contributed by atoms with Gasteiger partial charge in [0.2, 0.25) is 0 Å². The lowest BCUT2D eigenvalue weighted by molar-refractivity contribution is 0.0650. The molecule has 0 amide bonds. The van der Waals surface area contributed by atoms with Crippen molar-refractivity contribution >= 4 is 43.8 Å². The van der Waals surface area contributed by atoms with Crippen LogP contribution in [0.2, 0.25) is 0 Å². The Bertz CT molecular complexity index is 513. The van der Waals surface area contributed by atoms with E-state index in [4.69, 9.17) is 14.9 Å². The van der Waals surface area contributed by atoms with Crippen molar-refractivity contribution in [2.45, 2.75) is 19.8 Å². The predicted molar refractivity (Wildman–Crippen MR) is 76.2 cm³/mol. The Morgan fingerprint density at radius 2 is 1.89 bits per heavy atom. The van der Waals surface area contributed by atoms with E-state index in [0.717, 1.165) is 12.8 Å². The first-order valence-electron chi connectivity index (χ1n) is 5.51. The second-order valence-electron chi connectivity index (χ2n) is 3.74. The summed E-state index contributed by atoms with van der Waals surface area (Å²) in [6.07, 6.45) is 1.76. The van der Waals surface area contributed by atoms with Gasteiger partial charge in [-0.25, -0.2) is 9.59 Å². The lowest BCUT2D eigenvalue weighted by Gasteiger charge is -2.13. The Morgan fingerprint density at radius 3 is 2.37 bits per heavy atom. The number of carbonyl (C=O) groups is 2. The molecule has 0 atom stereocenters. The zero-order valence-corrected chi connectivity index (χ0v) is 13.2. The number of benzene rings is 1. The highest BCUT2D eigenvalue weighted by Crippen LogP contribution is 2.38. The van der Waals surface area contributed by atoms with Crippen molar-refractivity contribution in [2.24, 2.45) is 0 Å². The van der Waals surface area contributed by atoms with Crippen LogP contribution >= 0.6 is 31.9 Å². The van der Waals surface area contributed by atoms with E-state index in [2.05, 4.69) is 31.9 Å². The molecule has 5 nitrogen and oxygen atoms in total. The monoisotopic (exact) mass is 394 g/mol. The van der Waals surface area contributed by atoms with Crippen LogP contribution in [0.5, 0.6) is 5.75 Å². The van der Waals surface area contributed by atoms with E-state index < -0.39 is 11.9 Å². The van der Waals surface area contributed by atoms with Crippen LogP contribution in [-0.4, -0.2) is 28.8 Å². The molecule has 0 aromatic heterocycles. The molecule has 1 aromatic rings. The van der Waals surface area contributed by atoms with Crippen molar-refractivity contribution in [3.05, 3.63) is 26.1 Å². The average molecular weight is 396 g/mol. The number of halogens is 2. The molecule has 1 rings (SSSR count). The largest absolute Gasteiger partial charge is 0.491 e. The van der Waals surface area contributed by atoms with Gasteiger partial charge in [-0.2, -0.15) is 0 Å². The Balaban J connectivity index is 3.31. The third-order valence-electron chi connectivity index (χ3n) is 2.36. The van der Waals surface area contributed by atoms with Gasteiger partial charge in [0.15, 0.2) is 0 Å². The molecule has 0 aliphatic carbocycles. The summed E-state index contributed by atoms with van der Waals surface area (Å²) in [5.74, 6) is -2.33. The summed E-state index contributed by atoms with van der Waals surface area (Å²) in [7, 11) is 0. The maximum atomic E-state index is 11.2. The first kappa shape index (κ1) is 16.0. The lowest BCUT2D eigenvalue weighted by Crippen LogP contribution is -2.11. The van der Waals surface area contributed by atoms with Crippen LogP contribution in [0.1, 0.15) is 40.5 Å². The number of aromatic carboxylic acids is 2. The Hall–Kier alpha value is -1.08. The van der Waals surface area contributed by atoms with Gasteiger partial charge in [-0.15, -0.1) is 0 Å². The van der Waals surface area contributed by atoms with E-state index in [1.165, 1.54) is 6.07 Å². The van der Waals surface area contributed by atoms with Gasteiger partial charge in [0, 0.05) is 0 Å². The second kappa shape index (κ2) is 6.91. The minimum atomic E-state index is -1.32. The highest BCUT2D eigenvalue weighted by Gasteiger charge is 2.24. The minimum Gasteiger partial charge on any atom is -0.491 e. The smallest absolute Gasteiger partial charge is 0.337 e. The van der Waals surface area contributed by atoms with Gasteiger partial charge in [0.05, 0.1) is 26.7 Å². The summed E-state index contributed by atoms with van der Waals surface area (Å²) in [6, 6.07) is 1.23. The lowest BCUT2D eigenvalue weighted by atomic mass is 10.1. The summed E-state index contributed by atoms with van der Waals surface area (Å²) in [5.41, 5.74) is -0.615. The summed E-state index contributed by atoms with van der Waals surface area (Å²) >= 11 is 6.30. The molecular weight excluding hydrogens is 384 g/mol. The fraction of sp³-hybridized carbons (Fsp3) is 0.333. The van der Waals surface area contributed by atoms with Crippen LogP contribution in [0.3, 0.4) is 0 Å². The summed E-state index contributed by atoms with van der Waals surface area (Å²) in [5, 5.41) is 18.1. The van der Waals surface area contributed by atoms with Crippen LogP contribution in [0.25, 0.3) is 0 Å². The minimum absolute atomic E-state index is 0.128. The highest BCUT2D eigenvalue weighted by atomic mass is 79.9. The molecule has 0 spiro atoms. The van der Waals surface area contributed by atoms with Crippen molar-refractivity contribution in [3.63, 3.8) is 0 Å². The van der Waals surface area contributed by atoms with Crippen LogP contribution in [0.4, 0.5) is 0 Å². The molecule has 7 heteroatoms. The second-order valence-corrected chi connectivity index (χ2v) is 5.38. The van der Waals surface area contributed by atoms with Crippen LogP contribution in [0.15, 0.2) is 15.0 Å². The zero-order chi connectivity index (χ0) is 14.6. The quantitative estimate of drug-likeness (QED) is 0.716. The average Bonchev–Trinajstić information content (AvgIpc) is 2.31. The van der Waals surface area contributed by atoms with Crippen molar-refractivity contribution in [1.29, 1.82) is 0 Å². The Kier molecular flexibility index (Phi) is 5.81. The first-order valence-corrected chi connectivity index (χ1v) is 7.10. The maximum Gasteiger partial charge on any atom is 0.337 e. The molecular formula is C12H12Br2O5. The Morgan fingerprint density at radius 1 is 1.26 bits per heavy atom. The predicted octanol–water partition coefficient (Wildman–Crippen LogP) is 3.79. The molecule has 0 aliphatic rings. The molecule has 0 saturated heterocycles. The molecule has 2 N–H and O–H groups in total. The third-order valence-corrected chi connectivity index (χ3v) is 3.71. The van der Waals surface area contributed by atoms with Crippen LogP contribution in [-0.2, 0) is 0 Å². The van der Waals surface area contributed by atoms with Crippen molar-refractivity contribution < 1.29 is 24.5 Å². The van der Waals surface area contributed by atoms with E-state index in [-0.39, 0.29) is 15.6 Å². The summed E-state index contributed by atoms with van der Waals surface area (Å²) in [4.78, 5) is 22.2. The third kappa shape index (κ3) is 3.70. The van der Waals surface area contributed by atoms with E-state index in [1.807, 2.05) is 6.92 Å². The molecule has 0 radical (unpaired) electrons. The van der Waals surface area contributed by atoms with E-state index in [1.54, 1.807) is 0 Å². The normalized spacial score (nSPS) is 10.3. The van der Waals surface area contributed by atoms with Gasteiger partial charge < -0.3 is 14.9 Å². The van der Waals surface area contributed by atoms with Gasteiger partial charge in [0.1, 0.15) is 5.75 Å². The highest BCUT2D eigenvalue weighted by molar-refractivity contribution is 9.11. The maximum absolute atomic E-state index is 11.2. The first-order chi connectivity index (χ1) is 8.90. The van der Waals surface area contributed by atoms with Crippen molar-refractivity contribution in [1.82, 2.24) is 0 Å². The standard InChI is InChI=1S/C12H12Br2O5/c1-2-3-4-19-10-7(13)5-6(11(15)16)8(9(10)14)12(17)18/h5H,2-4H2,1H3,(H,15,16)(H,17,18). The molecule has 0 bridgehead atoms. The van der Waals surface area contributed by atoms with Crippen molar-refractivity contribution in [2.75, 3.05) is 6.61 Å². The van der Waals surface area contributed by atoms with E-state index in [0.29, 0.717) is 16.8 Å².